The summed E-state index contributed by atoms with van der Waals surface area (Å²) in [6.07, 6.45) is 1.25. The van der Waals surface area contributed by atoms with Gasteiger partial charge in [0.1, 0.15) is 0 Å². The first-order chi connectivity index (χ1) is 3.41. The molecule has 0 aromatic rings. The zero-order valence-corrected chi connectivity index (χ0v) is 5.97. The Bertz CT molecular complexity index is 68.7. The van der Waals surface area contributed by atoms with Gasteiger partial charge in [0.25, 0.3) is 0 Å². The van der Waals surface area contributed by atoms with Crippen LogP contribution in [-0.4, -0.2) is 32.7 Å². The molecule has 0 amide bonds. The molecule has 0 aliphatic carbocycles. The maximum absolute atomic E-state index is 7.10. The van der Waals surface area contributed by atoms with Crippen LogP contribution in [0.5, 0.6) is 0 Å². The van der Waals surface area contributed by atoms with E-state index in [2.05, 4.69) is 33.9 Å². The molecule has 0 rings (SSSR count). The molecule has 3 heteroatoms. The first-order valence-corrected chi connectivity index (χ1v) is 2.30. The van der Waals surface area contributed by atoms with Crippen LogP contribution in [-0.2, 0) is 0 Å². The summed E-state index contributed by atoms with van der Waals surface area (Å²) in [5, 5.41) is 7.10. The Morgan fingerprint density at radius 2 is 1.25 bits per heavy atom. The Morgan fingerprint density at radius 3 is 1.25 bits per heavy atom. The van der Waals surface area contributed by atoms with E-state index in [1.807, 2.05) is 0 Å². The highest BCUT2D eigenvalue weighted by molar-refractivity contribution is 4.46. The summed E-state index contributed by atoms with van der Waals surface area (Å²) >= 11 is 0. The van der Waals surface area contributed by atoms with Crippen molar-refractivity contribution in [3.8, 4) is 6.19 Å². The van der Waals surface area contributed by atoms with Crippen molar-refractivity contribution in [3.05, 3.63) is 0 Å². The van der Waals surface area contributed by atoms with Crippen LogP contribution < -0.4 is 5.73 Å². The maximum atomic E-state index is 7.10. The summed E-state index contributed by atoms with van der Waals surface area (Å²) in [7, 11) is 8.50. The highest BCUT2D eigenvalue weighted by Gasteiger charge is 1.88. The summed E-state index contributed by atoms with van der Waals surface area (Å²) < 4.78 is 1.00. The number of nitrogens with zero attached hydrogens (tertiary/aromatic N) is 2. The lowest BCUT2D eigenvalue weighted by Crippen LogP contribution is -2.27. The van der Waals surface area contributed by atoms with Crippen LogP contribution in [0.2, 0.25) is 0 Å². The standard InChI is InChI=1S/C4H12N.CH2N2/c1-5(2,3)4;2-1-3/h1-4H3;2H2/q+1;. The molecule has 0 aliphatic rings. The van der Waals surface area contributed by atoms with E-state index in [1.165, 1.54) is 6.19 Å². The molecule has 0 saturated carbocycles. The molecular weight excluding hydrogens is 102 g/mol. The Balaban J connectivity index is 0. The lowest BCUT2D eigenvalue weighted by Gasteiger charge is -2.14. The van der Waals surface area contributed by atoms with E-state index in [9.17, 15) is 0 Å². The van der Waals surface area contributed by atoms with E-state index < -0.39 is 0 Å². The van der Waals surface area contributed by atoms with E-state index >= 15 is 0 Å². The summed E-state index contributed by atoms with van der Waals surface area (Å²) in [5.74, 6) is 0. The van der Waals surface area contributed by atoms with Gasteiger partial charge in [0.05, 0.1) is 28.2 Å². The number of hydrogen-bond acceptors (Lipinski definition) is 2. The SMILES string of the molecule is C[N+](C)(C)C.N#CN. The van der Waals surface area contributed by atoms with Crippen molar-refractivity contribution in [2.75, 3.05) is 28.2 Å². The molecule has 0 atom stereocenters. The minimum atomic E-state index is 1.00. The number of nitriles is 1. The molecule has 0 fully saturated rings. The highest BCUT2D eigenvalue weighted by atomic mass is 15.2. The van der Waals surface area contributed by atoms with Crippen LogP contribution >= 0.6 is 0 Å². The van der Waals surface area contributed by atoms with Gasteiger partial charge in [-0.3, -0.25) is 0 Å². The first-order valence-electron chi connectivity index (χ1n) is 2.30. The second-order valence-electron chi connectivity index (χ2n) is 2.81. The third-order valence-electron chi connectivity index (χ3n) is 0. The van der Waals surface area contributed by atoms with Crippen molar-refractivity contribution < 1.29 is 4.48 Å². The van der Waals surface area contributed by atoms with Crippen molar-refractivity contribution in [1.29, 1.82) is 5.26 Å². The van der Waals surface area contributed by atoms with Crippen molar-refractivity contribution in [2.24, 2.45) is 5.73 Å². The lowest BCUT2D eigenvalue weighted by molar-refractivity contribution is -0.849. The molecule has 0 heterocycles. The van der Waals surface area contributed by atoms with Crippen LogP contribution in [0, 0.1) is 11.5 Å². The second kappa shape index (κ2) is 4.41. The minimum Gasteiger partial charge on any atom is -0.337 e. The molecule has 0 unspecified atom stereocenters. The molecule has 2 N–H and O–H groups in total. The van der Waals surface area contributed by atoms with Crippen molar-refractivity contribution in [3.63, 3.8) is 0 Å². The molecule has 0 aromatic carbocycles. The number of hydrogen-bond donors (Lipinski definition) is 1. The molecule has 0 radical (unpaired) electrons. The zero-order valence-electron chi connectivity index (χ0n) is 5.97. The third-order valence-corrected chi connectivity index (χ3v) is 0. The van der Waals surface area contributed by atoms with Gasteiger partial charge in [-0.15, -0.1) is 0 Å². The van der Waals surface area contributed by atoms with E-state index in [1.54, 1.807) is 0 Å². The molecule has 3 nitrogen and oxygen atoms in total. The maximum Gasteiger partial charge on any atom is 0.173 e. The third kappa shape index (κ3) is 169. The minimum absolute atomic E-state index is 1.00. The summed E-state index contributed by atoms with van der Waals surface area (Å²) in [5.41, 5.74) is 4.15. The number of rotatable bonds is 0. The molecule has 0 aliphatic heterocycles. The Hall–Kier alpha value is -0.750. The smallest absolute Gasteiger partial charge is 0.173 e. The molecule has 0 aromatic heterocycles. The first kappa shape index (κ1) is 10.3. The van der Waals surface area contributed by atoms with E-state index in [0.29, 0.717) is 0 Å². The monoisotopic (exact) mass is 116 g/mol. The van der Waals surface area contributed by atoms with Crippen LogP contribution in [0.4, 0.5) is 0 Å². The van der Waals surface area contributed by atoms with Crippen molar-refractivity contribution in [2.45, 2.75) is 0 Å². The van der Waals surface area contributed by atoms with Crippen molar-refractivity contribution >= 4 is 0 Å². The van der Waals surface area contributed by atoms with Crippen LogP contribution in [0.3, 0.4) is 0 Å². The Labute approximate surface area is 50.9 Å². The topological polar surface area (TPSA) is 49.8 Å². The molecular formula is C5H14N3+. The fourth-order valence-electron chi connectivity index (χ4n) is 0. The van der Waals surface area contributed by atoms with Gasteiger partial charge in [0.15, 0.2) is 6.19 Å². The molecule has 0 saturated heterocycles. The number of nitrogens with two attached hydrogens (primary N) is 1. The van der Waals surface area contributed by atoms with Gasteiger partial charge in [0.2, 0.25) is 0 Å². The van der Waals surface area contributed by atoms with Gasteiger partial charge in [-0.2, -0.15) is 5.26 Å². The predicted octanol–water partition coefficient (Wildman–Crippen LogP) is -0.251. The van der Waals surface area contributed by atoms with E-state index in [0.717, 1.165) is 4.48 Å². The van der Waals surface area contributed by atoms with E-state index in [4.69, 9.17) is 5.26 Å². The van der Waals surface area contributed by atoms with Crippen molar-refractivity contribution in [1.82, 2.24) is 0 Å². The van der Waals surface area contributed by atoms with Gasteiger partial charge >= 0.3 is 0 Å². The molecule has 48 valence electrons. The fraction of sp³-hybridized carbons (Fsp3) is 0.800. The average molecular weight is 116 g/mol. The molecule has 0 spiro atoms. The largest absolute Gasteiger partial charge is 0.337 e. The predicted molar refractivity (Wildman–Crippen MR) is 33.8 cm³/mol. The highest BCUT2D eigenvalue weighted by Crippen LogP contribution is 1.73. The Morgan fingerprint density at radius 1 is 1.25 bits per heavy atom. The van der Waals surface area contributed by atoms with Gasteiger partial charge < -0.3 is 10.2 Å². The normalized spacial score (nSPS) is 8.38. The van der Waals surface area contributed by atoms with Crippen LogP contribution in [0.15, 0.2) is 0 Å². The molecule has 0 bridgehead atoms. The van der Waals surface area contributed by atoms with E-state index in [-0.39, 0.29) is 0 Å². The van der Waals surface area contributed by atoms with Crippen LogP contribution in [0.25, 0.3) is 0 Å². The summed E-state index contributed by atoms with van der Waals surface area (Å²) in [6.45, 7) is 0. The zero-order chi connectivity index (χ0) is 7.21. The van der Waals surface area contributed by atoms with Crippen LogP contribution in [0.1, 0.15) is 0 Å². The average Bonchev–Trinajstić information content (AvgIpc) is 1.27. The number of quaternary nitrogens is 1. The summed E-state index contributed by atoms with van der Waals surface area (Å²) in [4.78, 5) is 0. The second-order valence-corrected chi connectivity index (χ2v) is 2.81. The van der Waals surface area contributed by atoms with Gasteiger partial charge in [-0.05, 0) is 0 Å². The quantitative estimate of drug-likeness (QED) is 0.269. The fourth-order valence-corrected chi connectivity index (χ4v) is 0. The van der Waals surface area contributed by atoms with Gasteiger partial charge in [0, 0.05) is 0 Å². The van der Waals surface area contributed by atoms with Gasteiger partial charge in [-0.1, -0.05) is 0 Å². The summed E-state index contributed by atoms with van der Waals surface area (Å²) in [6, 6.07) is 0. The Kier molecular flexibility index (Phi) is 5.66. The lowest BCUT2D eigenvalue weighted by atomic mass is 10.8. The molecule has 8 heavy (non-hydrogen) atoms. The van der Waals surface area contributed by atoms with Gasteiger partial charge in [-0.25, -0.2) is 0 Å².